The Balaban J connectivity index is 1.59. The van der Waals surface area contributed by atoms with Gasteiger partial charge in [-0.15, -0.1) is 0 Å². The first-order valence-corrected chi connectivity index (χ1v) is 7.27. The van der Waals surface area contributed by atoms with Crippen LogP contribution >= 0.6 is 0 Å². The summed E-state index contributed by atoms with van der Waals surface area (Å²) in [6, 6.07) is 0. The maximum absolute atomic E-state index is 11.8. The number of hydrogen-bond donors (Lipinski definition) is 1. The summed E-state index contributed by atoms with van der Waals surface area (Å²) in [7, 11) is 2.16. The highest BCUT2D eigenvalue weighted by Crippen LogP contribution is 2.18. The molecule has 2 fully saturated rings. The van der Waals surface area contributed by atoms with Crippen LogP contribution < -0.4 is 5.32 Å². The van der Waals surface area contributed by atoms with E-state index >= 15 is 0 Å². The highest BCUT2D eigenvalue weighted by Gasteiger charge is 2.20. The van der Waals surface area contributed by atoms with Crippen LogP contribution in [0, 0.1) is 11.8 Å². The average Bonchev–Trinajstić information content (AvgIpc) is 2.39. The van der Waals surface area contributed by atoms with Crippen LogP contribution in [0.3, 0.4) is 0 Å². The molecular weight excluding hydrogens is 228 g/mol. The lowest BCUT2D eigenvalue weighted by Crippen LogP contribution is -2.37. The molecule has 2 aliphatic rings. The average molecular weight is 254 g/mol. The Morgan fingerprint density at radius 1 is 1.28 bits per heavy atom. The molecule has 0 aromatic rings. The molecule has 0 aliphatic carbocycles. The number of rotatable bonds is 4. The van der Waals surface area contributed by atoms with Crippen LogP contribution in [0.5, 0.6) is 0 Å². The SMILES string of the molecule is CN1CCC(CNC(=O)C[C@H]2CCCOC2)CC1. The van der Waals surface area contributed by atoms with Gasteiger partial charge in [0.15, 0.2) is 0 Å². The highest BCUT2D eigenvalue weighted by molar-refractivity contribution is 5.76. The summed E-state index contributed by atoms with van der Waals surface area (Å²) in [4.78, 5) is 14.2. The number of carbonyl (C=O) groups is 1. The summed E-state index contributed by atoms with van der Waals surface area (Å²) in [6.45, 7) is 4.82. The minimum Gasteiger partial charge on any atom is -0.381 e. The maximum Gasteiger partial charge on any atom is 0.220 e. The van der Waals surface area contributed by atoms with Crippen LogP contribution in [-0.2, 0) is 9.53 Å². The molecule has 0 saturated carbocycles. The number of carbonyl (C=O) groups excluding carboxylic acids is 1. The topological polar surface area (TPSA) is 41.6 Å². The fourth-order valence-corrected chi connectivity index (χ4v) is 2.83. The molecule has 2 aliphatic heterocycles. The quantitative estimate of drug-likeness (QED) is 0.821. The molecule has 1 N–H and O–H groups in total. The van der Waals surface area contributed by atoms with E-state index in [1.807, 2.05) is 0 Å². The van der Waals surface area contributed by atoms with Crippen molar-refractivity contribution in [2.75, 3.05) is 39.9 Å². The molecule has 0 unspecified atom stereocenters. The van der Waals surface area contributed by atoms with E-state index < -0.39 is 0 Å². The van der Waals surface area contributed by atoms with Crippen molar-refractivity contribution in [2.24, 2.45) is 11.8 Å². The Labute approximate surface area is 110 Å². The first-order chi connectivity index (χ1) is 8.74. The van der Waals surface area contributed by atoms with Crippen molar-refractivity contribution >= 4 is 5.91 Å². The summed E-state index contributed by atoms with van der Waals surface area (Å²) in [6.07, 6.45) is 5.31. The third kappa shape index (κ3) is 4.58. The predicted octanol–water partition coefficient (Wildman–Crippen LogP) is 1.26. The van der Waals surface area contributed by atoms with Gasteiger partial charge in [0.25, 0.3) is 0 Å². The smallest absolute Gasteiger partial charge is 0.220 e. The van der Waals surface area contributed by atoms with Crippen LogP contribution in [0.2, 0.25) is 0 Å². The molecule has 2 saturated heterocycles. The molecule has 18 heavy (non-hydrogen) atoms. The predicted molar refractivity (Wildman–Crippen MR) is 71.4 cm³/mol. The molecule has 0 bridgehead atoms. The number of nitrogens with one attached hydrogen (secondary N) is 1. The molecular formula is C14H26N2O2. The molecule has 1 atom stereocenters. The van der Waals surface area contributed by atoms with E-state index in [4.69, 9.17) is 4.74 Å². The summed E-state index contributed by atoms with van der Waals surface area (Å²) >= 11 is 0. The lowest BCUT2D eigenvalue weighted by molar-refractivity contribution is -0.123. The van der Waals surface area contributed by atoms with Crippen molar-refractivity contribution in [3.05, 3.63) is 0 Å². The van der Waals surface area contributed by atoms with Gasteiger partial charge < -0.3 is 15.0 Å². The normalized spacial score (nSPS) is 27.1. The summed E-state index contributed by atoms with van der Waals surface area (Å²) in [5.74, 6) is 1.33. The number of likely N-dealkylation sites (tertiary alicyclic amines) is 1. The van der Waals surface area contributed by atoms with Gasteiger partial charge in [-0.1, -0.05) is 0 Å². The number of ether oxygens (including phenoxy) is 1. The van der Waals surface area contributed by atoms with Crippen molar-refractivity contribution in [1.29, 1.82) is 0 Å². The van der Waals surface area contributed by atoms with Crippen molar-refractivity contribution < 1.29 is 9.53 Å². The zero-order chi connectivity index (χ0) is 12.8. The van der Waals surface area contributed by atoms with Gasteiger partial charge in [0, 0.05) is 26.2 Å². The van der Waals surface area contributed by atoms with Gasteiger partial charge in [-0.3, -0.25) is 4.79 Å². The fourth-order valence-electron chi connectivity index (χ4n) is 2.83. The molecule has 2 rings (SSSR count). The molecule has 104 valence electrons. The molecule has 0 spiro atoms. The lowest BCUT2D eigenvalue weighted by atomic mass is 9.96. The van der Waals surface area contributed by atoms with Crippen molar-refractivity contribution in [1.82, 2.24) is 10.2 Å². The van der Waals surface area contributed by atoms with E-state index in [0.717, 1.165) is 45.7 Å². The third-order valence-corrected chi connectivity index (χ3v) is 4.15. The fraction of sp³-hybridized carbons (Fsp3) is 0.929. The van der Waals surface area contributed by atoms with Crippen LogP contribution in [0.4, 0.5) is 0 Å². The Morgan fingerprint density at radius 3 is 2.72 bits per heavy atom. The van der Waals surface area contributed by atoms with E-state index in [-0.39, 0.29) is 5.91 Å². The van der Waals surface area contributed by atoms with Gasteiger partial charge in [-0.2, -0.15) is 0 Å². The van der Waals surface area contributed by atoms with Gasteiger partial charge in [-0.05, 0) is 57.7 Å². The van der Waals surface area contributed by atoms with Gasteiger partial charge >= 0.3 is 0 Å². The standard InChI is InChI=1S/C14H26N2O2/c1-16-6-4-12(5-7-16)10-15-14(17)9-13-3-2-8-18-11-13/h12-13H,2-11H2,1H3,(H,15,17)/t13-/m1/s1. The highest BCUT2D eigenvalue weighted by atomic mass is 16.5. The molecule has 0 aromatic heterocycles. The zero-order valence-electron chi connectivity index (χ0n) is 11.5. The third-order valence-electron chi connectivity index (χ3n) is 4.15. The van der Waals surface area contributed by atoms with E-state index in [9.17, 15) is 4.79 Å². The monoisotopic (exact) mass is 254 g/mol. The number of amides is 1. The molecule has 0 radical (unpaired) electrons. The number of nitrogens with zero attached hydrogens (tertiary/aromatic N) is 1. The Bertz CT molecular complexity index is 257. The lowest BCUT2D eigenvalue weighted by Gasteiger charge is -2.29. The maximum atomic E-state index is 11.8. The summed E-state index contributed by atoms with van der Waals surface area (Å²) in [5.41, 5.74) is 0. The first-order valence-electron chi connectivity index (χ1n) is 7.27. The Morgan fingerprint density at radius 2 is 2.06 bits per heavy atom. The largest absolute Gasteiger partial charge is 0.381 e. The molecule has 4 heteroatoms. The van der Waals surface area contributed by atoms with Gasteiger partial charge in [0.1, 0.15) is 0 Å². The minimum atomic E-state index is 0.212. The summed E-state index contributed by atoms with van der Waals surface area (Å²) in [5, 5.41) is 3.10. The van der Waals surface area contributed by atoms with E-state index in [2.05, 4.69) is 17.3 Å². The van der Waals surface area contributed by atoms with Crippen molar-refractivity contribution in [3.63, 3.8) is 0 Å². The Kier molecular flexibility index (Phi) is 5.45. The second-order valence-corrected chi connectivity index (χ2v) is 5.84. The molecule has 2 heterocycles. The second kappa shape index (κ2) is 7.10. The van der Waals surface area contributed by atoms with Crippen molar-refractivity contribution in [3.8, 4) is 0 Å². The van der Waals surface area contributed by atoms with Crippen LogP contribution in [0.15, 0.2) is 0 Å². The molecule has 1 amide bonds. The summed E-state index contributed by atoms with van der Waals surface area (Å²) < 4.78 is 5.40. The van der Waals surface area contributed by atoms with E-state index in [1.165, 1.54) is 12.8 Å². The zero-order valence-corrected chi connectivity index (χ0v) is 11.5. The first kappa shape index (κ1) is 13.8. The number of hydrogen-bond acceptors (Lipinski definition) is 3. The van der Waals surface area contributed by atoms with Crippen molar-refractivity contribution in [2.45, 2.75) is 32.1 Å². The Hall–Kier alpha value is -0.610. The van der Waals surface area contributed by atoms with Gasteiger partial charge in [0.05, 0.1) is 0 Å². The minimum absolute atomic E-state index is 0.212. The second-order valence-electron chi connectivity index (χ2n) is 5.84. The molecule has 0 aromatic carbocycles. The van der Waals surface area contributed by atoms with E-state index in [0.29, 0.717) is 18.3 Å². The number of piperidine rings is 1. The molecule has 4 nitrogen and oxygen atoms in total. The van der Waals surface area contributed by atoms with Gasteiger partial charge in [0.2, 0.25) is 5.91 Å². The van der Waals surface area contributed by atoms with Gasteiger partial charge in [-0.25, -0.2) is 0 Å². The van der Waals surface area contributed by atoms with Crippen LogP contribution in [-0.4, -0.2) is 50.7 Å². The van der Waals surface area contributed by atoms with E-state index in [1.54, 1.807) is 0 Å². The van der Waals surface area contributed by atoms with Crippen LogP contribution in [0.25, 0.3) is 0 Å². The van der Waals surface area contributed by atoms with Crippen LogP contribution in [0.1, 0.15) is 32.1 Å².